The Bertz CT molecular complexity index is 918. The van der Waals surface area contributed by atoms with Gasteiger partial charge in [-0.1, -0.05) is 19.9 Å². The molecule has 0 bridgehead atoms. The SMILES string of the molecule is Cc1cc(C)c(S(=O)(=O)N(CCC(=O)N2CCNCC2)CCN2CC(C)CC(C)C2)cc1C. The van der Waals surface area contributed by atoms with E-state index in [0.717, 1.165) is 42.9 Å². The van der Waals surface area contributed by atoms with E-state index < -0.39 is 10.0 Å². The van der Waals surface area contributed by atoms with Crippen molar-refractivity contribution in [3.05, 3.63) is 28.8 Å². The summed E-state index contributed by atoms with van der Waals surface area (Å²) < 4.78 is 29.1. The topological polar surface area (TPSA) is 73.0 Å². The Hall–Kier alpha value is -1.48. The van der Waals surface area contributed by atoms with E-state index in [0.29, 0.717) is 42.9 Å². The van der Waals surface area contributed by atoms with E-state index in [1.807, 2.05) is 31.7 Å². The van der Waals surface area contributed by atoms with E-state index >= 15 is 0 Å². The zero-order chi connectivity index (χ0) is 24.2. The van der Waals surface area contributed by atoms with Crippen molar-refractivity contribution in [3.63, 3.8) is 0 Å². The van der Waals surface area contributed by atoms with Crippen LogP contribution in [-0.4, -0.2) is 87.3 Å². The Balaban J connectivity index is 1.77. The van der Waals surface area contributed by atoms with Crippen LogP contribution >= 0.6 is 0 Å². The fourth-order valence-corrected chi connectivity index (χ4v) is 6.95. The Kier molecular flexibility index (Phi) is 8.95. The van der Waals surface area contributed by atoms with Gasteiger partial charge < -0.3 is 15.1 Å². The second-order valence-corrected chi connectivity index (χ2v) is 12.1. The molecule has 7 nitrogen and oxygen atoms in total. The maximum atomic E-state index is 13.8. The Morgan fingerprint density at radius 1 is 1.00 bits per heavy atom. The molecule has 0 aromatic heterocycles. The molecule has 0 aliphatic carbocycles. The van der Waals surface area contributed by atoms with Gasteiger partial charge in [0.15, 0.2) is 0 Å². The monoisotopic (exact) mass is 478 g/mol. The summed E-state index contributed by atoms with van der Waals surface area (Å²) in [6.07, 6.45) is 1.44. The average molecular weight is 479 g/mol. The summed E-state index contributed by atoms with van der Waals surface area (Å²) >= 11 is 0. The van der Waals surface area contributed by atoms with Crippen molar-refractivity contribution in [3.8, 4) is 0 Å². The van der Waals surface area contributed by atoms with Gasteiger partial charge in [-0.05, 0) is 61.8 Å². The highest BCUT2D eigenvalue weighted by molar-refractivity contribution is 7.89. The highest BCUT2D eigenvalue weighted by Crippen LogP contribution is 2.25. The number of piperidine rings is 1. The van der Waals surface area contributed by atoms with Crippen molar-refractivity contribution in [1.82, 2.24) is 19.4 Å². The van der Waals surface area contributed by atoms with Crippen LogP contribution in [0.5, 0.6) is 0 Å². The van der Waals surface area contributed by atoms with Gasteiger partial charge in [-0.2, -0.15) is 4.31 Å². The van der Waals surface area contributed by atoms with Gasteiger partial charge in [-0.15, -0.1) is 0 Å². The number of piperazine rings is 1. The van der Waals surface area contributed by atoms with Crippen molar-refractivity contribution in [2.24, 2.45) is 11.8 Å². The smallest absolute Gasteiger partial charge is 0.243 e. The van der Waals surface area contributed by atoms with Crippen LogP contribution in [0.15, 0.2) is 17.0 Å². The maximum absolute atomic E-state index is 13.8. The number of rotatable bonds is 8. The molecule has 0 spiro atoms. The summed E-state index contributed by atoms with van der Waals surface area (Å²) in [4.78, 5) is 17.4. The number of hydrogen-bond acceptors (Lipinski definition) is 5. The predicted molar refractivity (Wildman–Crippen MR) is 133 cm³/mol. The number of carbonyl (C=O) groups is 1. The molecular weight excluding hydrogens is 436 g/mol. The van der Waals surface area contributed by atoms with Gasteiger partial charge in [0.05, 0.1) is 4.90 Å². The standard InChI is InChI=1S/C25H42N4O3S/c1-19-14-20(2)18-27(17-19)12-13-29(9-6-25(30)28-10-7-26-8-11-28)33(31,32)24-16-22(4)21(3)15-23(24)5/h15-16,19-20,26H,6-14,17-18H2,1-5H3. The first-order valence-electron chi connectivity index (χ1n) is 12.4. The first-order chi connectivity index (χ1) is 15.6. The van der Waals surface area contributed by atoms with Gasteiger partial charge in [0.2, 0.25) is 15.9 Å². The lowest BCUT2D eigenvalue weighted by atomic mass is 9.92. The highest BCUT2D eigenvalue weighted by atomic mass is 32.2. The molecule has 1 amide bonds. The number of amides is 1. The van der Waals surface area contributed by atoms with Crippen molar-refractivity contribution >= 4 is 15.9 Å². The quantitative estimate of drug-likeness (QED) is 0.621. The molecular formula is C25H42N4O3S. The van der Waals surface area contributed by atoms with Crippen LogP contribution in [0.3, 0.4) is 0 Å². The van der Waals surface area contributed by atoms with E-state index in [4.69, 9.17) is 0 Å². The lowest BCUT2D eigenvalue weighted by Gasteiger charge is -2.36. The normalized spacial score (nSPS) is 22.7. The molecule has 33 heavy (non-hydrogen) atoms. The van der Waals surface area contributed by atoms with Crippen LogP contribution in [-0.2, 0) is 14.8 Å². The maximum Gasteiger partial charge on any atom is 0.243 e. The number of nitrogens with zero attached hydrogens (tertiary/aromatic N) is 3. The second kappa shape index (κ2) is 11.3. The van der Waals surface area contributed by atoms with Crippen LogP contribution in [0.1, 0.15) is 43.4 Å². The highest BCUT2D eigenvalue weighted by Gasteiger charge is 2.29. The molecule has 1 N–H and O–H groups in total. The minimum atomic E-state index is -3.70. The first kappa shape index (κ1) is 26.1. The molecule has 2 saturated heterocycles. The van der Waals surface area contributed by atoms with Crippen molar-refractivity contribution in [1.29, 1.82) is 0 Å². The van der Waals surface area contributed by atoms with E-state index in [1.54, 1.807) is 10.4 Å². The number of aryl methyl sites for hydroxylation is 3. The van der Waals surface area contributed by atoms with E-state index in [-0.39, 0.29) is 18.9 Å². The van der Waals surface area contributed by atoms with Gasteiger partial charge in [-0.3, -0.25) is 4.79 Å². The van der Waals surface area contributed by atoms with Crippen LogP contribution < -0.4 is 5.32 Å². The van der Waals surface area contributed by atoms with Gasteiger partial charge in [0.1, 0.15) is 0 Å². The Morgan fingerprint density at radius 2 is 1.61 bits per heavy atom. The first-order valence-corrected chi connectivity index (χ1v) is 13.8. The summed E-state index contributed by atoms with van der Waals surface area (Å²) in [5, 5.41) is 3.25. The number of hydrogen-bond donors (Lipinski definition) is 1. The molecule has 1 aromatic rings. The van der Waals surface area contributed by atoms with Gasteiger partial charge in [0.25, 0.3) is 0 Å². The molecule has 2 atom stereocenters. The predicted octanol–water partition coefficient (Wildman–Crippen LogP) is 2.40. The Morgan fingerprint density at radius 3 is 2.24 bits per heavy atom. The molecule has 3 rings (SSSR count). The summed E-state index contributed by atoms with van der Waals surface area (Å²) in [5.74, 6) is 1.28. The van der Waals surface area contributed by atoms with Crippen molar-refractivity contribution in [2.75, 3.05) is 58.9 Å². The van der Waals surface area contributed by atoms with Crippen LogP contribution in [0.2, 0.25) is 0 Å². The van der Waals surface area contributed by atoms with Crippen LogP contribution in [0.4, 0.5) is 0 Å². The third kappa shape index (κ3) is 6.78. The lowest BCUT2D eigenvalue weighted by molar-refractivity contribution is -0.131. The van der Waals surface area contributed by atoms with Gasteiger partial charge in [-0.25, -0.2) is 8.42 Å². The fraction of sp³-hybridized carbons (Fsp3) is 0.720. The number of nitrogens with one attached hydrogen (secondary N) is 1. The second-order valence-electron chi connectivity index (χ2n) is 10.2. The minimum Gasteiger partial charge on any atom is -0.340 e. The number of sulfonamides is 1. The average Bonchev–Trinajstić information content (AvgIpc) is 2.75. The fourth-order valence-electron chi connectivity index (χ4n) is 5.22. The van der Waals surface area contributed by atoms with E-state index in [1.165, 1.54) is 6.42 Å². The zero-order valence-electron chi connectivity index (χ0n) is 21.1. The van der Waals surface area contributed by atoms with Crippen LogP contribution in [0, 0.1) is 32.6 Å². The molecule has 0 radical (unpaired) electrons. The molecule has 2 aliphatic rings. The summed E-state index contributed by atoms with van der Waals surface area (Å²) in [5.41, 5.74) is 2.81. The summed E-state index contributed by atoms with van der Waals surface area (Å²) in [6, 6.07) is 3.73. The molecule has 186 valence electrons. The molecule has 1 aromatic carbocycles. The zero-order valence-corrected chi connectivity index (χ0v) is 21.9. The van der Waals surface area contributed by atoms with Crippen molar-refractivity contribution in [2.45, 2.75) is 52.4 Å². The van der Waals surface area contributed by atoms with Gasteiger partial charge >= 0.3 is 0 Å². The lowest BCUT2D eigenvalue weighted by Crippen LogP contribution is -2.48. The van der Waals surface area contributed by atoms with Gasteiger partial charge in [0, 0.05) is 65.3 Å². The van der Waals surface area contributed by atoms with Crippen molar-refractivity contribution < 1.29 is 13.2 Å². The largest absolute Gasteiger partial charge is 0.340 e. The third-order valence-electron chi connectivity index (χ3n) is 7.06. The summed E-state index contributed by atoms with van der Waals surface area (Å²) in [6.45, 7) is 16.6. The van der Waals surface area contributed by atoms with E-state index in [9.17, 15) is 13.2 Å². The summed E-state index contributed by atoms with van der Waals surface area (Å²) in [7, 11) is -3.70. The Labute approximate surface area is 200 Å². The number of benzene rings is 1. The molecule has 8 heteroatoms. The molecule has 2 fully saturated rings. The molecule has 2 aliphatic heterocycles. The van der Waals surface area contributed by atoms with Crippen LogP contribution in [0.25, 0.3) is 0 Å². The molecule has 0 saturated carbocycles. The third-order valence-corrected chi connectivity index (χ3v) is 9.10. The number of likely N-dealkylation sites (tertiary alicyclic amines) is 1. The molecule has 2 unspecified atom stereocenters. The number of carbonyl (C=O) groups excluding carboxylic acids is 1. The van der Waals surface area contributed by atoms with E-state index in [2.05, 4.69) is 24.1 Å². The minimum absolute atomic E-state index is 0.0359. The molecule has 2 heterocycles.